The quantitative estimate of drug-likeness (QED) is 0.495. The van der Waals surface area contributed by atoms with Gasteiger partial charge in [0, 0.05) is 29.3 Å². The van der Waals surface area contributed by atoms with Crippen LogP contribution < -0.4 is 0 Å². The van der Waals surface area contributed by atoms with Gasteiger partial charge in [-0.2, -0.15) is 0 Å². The Kier molecular flexibility index (Phi) is 4.24. The van der Waals surface area contributed by atoms with Crippen LogP contribution in [0, 0.1) is 10.1 Å². The Hall–Kier alpha value is -2.81. The summed E-state index contributed by atoms with van der Waals surface area (Å²) in [6.45, 7) is 0. The van der Waals surface area contributed by atoms with Gasteiger partial charge in [-0.1, -0.05) is 0 Å². The largest absolute Gasteiger partial charge is 0.507 e. The molecule has 0 aliphatic heterocycles. The molecule has 0 aliphatic carbocycles. The van der Waals surface area contributed by atoms with Gasteiger partial charge in [-0.15, -0.1) is 11.3 Å². The molecule has 0 saturated carbocycles. The van der Waals surface area contributed by atoms with Crippen LogP contribution in [-0.4, -0.2) is 32.3 Å². The zero-order chi connectivity index (χ0) is 15.4. The number of hydrogen-bond donors (Lipinski definition) is 2. The molecule has 1 aromatic heterocycles. The number of phenolic OH excluding ortho intramolecular Hbond substituents is 1. The predicted octanol–water partition coefficient (Wildman–Crippen LogP) is 2.13. The third kappa shape index (κ3) is 3.83. The van der Waals surface area contributed by atoms with Gasteiger partial charge < -0.3 is 10.2 Å². The molecular weight excluding hydrogens is 298 g/mol. The number of aliphatic carboxylic acids is 1. The third-order valence-electron chi connectivity index (χ3n) is 2.41. The molecule has 0 unspecified atom stereocenters. The highest BCUT2D eigenvalue weighted by atomic mass is 32.1. The normalized spacial score (nSPS) is 10.9. The summed E-state index contributed by atoms with van der Waals surface area (Å²) in [7, 11) is 0. The summed E-state index contributed by atoms with van der Waals surface area (Å²) in [6, 6.07) is 3.57. The molecule has 108 valence electrons. The van der Waals surface area contributed by atoms with Crippen molar-refractivity contribution in [1.29, 1.82) is 0 Å². The smallest absolute Gasteiger partial charge is 0.309 e. The lowest BCUT2D eigenvalue weighted by molar-refractivity contribution is -0.384. The van der Waals surface area contributed by atoms with E-state index >= 15 is 0 Å². The second kappa shape index (κ2) is 6.09. The Balaban J connectivity index is 2.20. The summed E-state index contributed by atoms with van der Waals surface area (Å²) >= 11 is 1.14. The summed E-state index contributed by atoms with van der Waals surface area (Å²) < 4.78 is 0. The summed E-state index contributed by atoms with van der Waals surface area (Å²) in [6.07, 6.45) is 1.04. The zero-order valence-corrected chi connectivity index (χ0v) is 11.3. The number of benzene rings is 1. The summed E-state index contributed by atoms with van der Waals surface area (Å²) in [5.74, 6) is -1.14. The van der Waals surface area contributed by atoms with Gasteiger partial charge in [0.1, 0.15) is 5.75 Å². The van der Waals surface area contributed by atoms with Crippen LogP contribution in [0.15, 0.2) is 28.6 Å². The predicted molar refractivity (Wildman–Crippen MR) is 75.5 cm³/mol. The van der Waals surface area contributed by atoms with Gasteiger partial charge in [-0.25, -0.2) is 9.98 Å². The number of aliphatic imine (C=N–C) groups is 1. The van der Waals surface area contributed by atoms with E-state index in [2.05, 4.69) is 9.98 Å². The topological polar surface area (TPSA) is 126 Å². The molecule has 0 spiro atoms. The van der Waals surface area contributed by atoms with E-state index in [1.807, 2.05) is 0 Å². The lowest BCUT2D eigenvalue weighted by atomic mass is 10.2. The SMILES string of the molecule is O=C(O)Cc1csc(/N=C/c2cc([N+](=O)[O-])ccc2O)n1. The van der Waals surface area contributed by atoms with Crippen LogP contribution in [0.1, 0.15) is 11.3 Å². The van der Waals surface area contributed by atoms with Gasteiger partial charge in [0.05, 0.1) is 17.0 Å². The number of carboxylic acids is 1. The van der Waals surface area contributed by atoms with Crippen molar-refractivity contribution < 1.29 is 19.9 Å². The minimum absolute atomic E-state index is 0.147. The average Bonchev–Trinajstić information content (AvgIpc) is 2.84. The fourth-order valence-electron chi connectivity index (χ4n) is 1.48. The number of carbonyl (C=O) groups is 1. The van der Waals surface area contributed by atoms with Crippen molar-refractivity contribution in [3.05, 3.63) is 45.0 Å². The molecule has 1 heterocycles. The molecule has 9 heteroatoms. The number of phenols is 1. The molecular formula is C12H9N3O5S. The maximum absolute atomic E-state index is 10.7. The first-order chi connectivity index (χ1) is 9.95. The number of rotatable bonds is 5. The summed E-state index contributed by atoms with van der Waals surface area (Å²) in [5.41, 5.74) is 0.391. The van der Waals surface area contributed by atoms with Crippen LogP contribution in [0.2, 0.25) is 0 Å². The molecule has 8 nitrogen and oxygen atoms in total. The maximum Gasteiger partial charge on any atom is 0.309 e. The van der Waals surface area contributed by atoms with Gasteiger partial charge >= 0.3 is 5.97 Å². The molecule has 0 aliphatic rings. The van der Waals surface area contributed by atoms with Crippen LogP contribution >= 0.6 is 11.3 Å². The standard InChI is InChI=1S/C12H9N3O5S/c16-10-2-1-9(15(19)20)3-7(10)5-13-12-14-8(6-21-12)4-11(17)18/h1-3,5-6,16H,4H2,(H,17,18)/b13-5+. The number of nitro groups is 1. The van der Waals surface area contributed by atoms with E-state index in [0.29, 0.717) is 10.8 Å². The first-order valence-corrected chi connectivity index (χ1v) is 6.51. The van der Waals surface area contributed by atoms with Crippen molar-refractivity contribution in [2.75, 3.05) is 0 Å². The number of nitro benzene ring substituents is 1. The number of thiazole rings is 1. The molecule has 2 N–H and O–H groups in total. The average molecular weight is 307 g/mol. The maximum atomic E-state index is 10.7. The fraction of sp³-hybridized carbons (Fsp3) is 0.0833. The molecule has 1 aromatic carbocycles. The van der Waals surface area contributed by atoms with E-state index in [9.17, 15) is 20.0 Å². The molecule has 2 aromatic rings. The lowest BCUT2D eigenvalue weighted by Gasteiger charge is -1.97. The molecule has 0 saturated heterocycles. The Bertz CT molecular complexity index is 725. The van der Waals surface area contributed by atoms with Crippen molar-refractivity contribution in [2.24, 2.45) is 4.99 Å². The number of non-ortho nitro benzene ring substituents is 1. The van der Waals surface area contributed by atoms with Crippen LogP contribution in [0.4, 0.5) is 10.8 Å². The minimum atomic E-state index is -0.993. The van der Waals surface area contributed by atoms with Crippen molar-refractivity contribution in [3.8, 4) is 5.75 Å². The van der Waals surface area contributed by atoms with Crippen molar-refractivity contribution in [1.82, 2.24) is 4.98 Å². The van der Waals surface area contributed by atoms with Crippen molar-refractivity contribution >= 4 is 34.3 Å². The molecule has 0 atom stereocenters. The Morgan fingerprint density at radius 3 is 2.95 bits per heavy atom. The van der Waals surface area contributed by atoms with E-state index in [1.54, 1.807) is 5.38 Å². The molecule has 2 rings (SSSR count). The highest BCUT2D eigenvalue weighted by molar-refractivity contribution is 7.13. The van der Waals surface area contributed by atoms with Gasteiger partial charge in [0.25, 0.3) is 5.69 Å². The number of hydrogen-bond acceptors (Lipinski definition) is 7. The Morgan fingerprint density at radius 2 is 2.29 bits per heavy atom. The second-order valence-electron chi connectivity index (χ2n) is 3.95. The van der Waals surface area contributed by atoms with Gasteiger partial charge in [-0.05, 0) is 6.07 Å². The summed E-state index contributed by atoms with van der Waals surface area (Å²) in [4.78, 5) is 28.6. The molecule has 0 radical (unpaired) electrons. The number of nitrogens with zero attached hydrogens (tertiary/aromatic N) is 3. The van der Waals surface area contributed by atoms with E-state index in [4.69, 9.17) is 5.11 Å². The molecule has 21 heavy (non-hydrogen) atoms. The second-order valence-corrected chi connectivity index (χ2v) is 4.79. The Labute approximate surface area is 122 Å². The first kappa shape index (κ1) is 14.6. The van der Waals surface area contributed by atoms with E-state index in [0.717, 1.165) is 11.3 Å². The Morgan fingerprint density at radius 1 is 1.52 bits per heavy atom. The monoisotopic (exact) mass is 307 g/mol. The van der Waals surface area contributed by atoms with Crippen molar-refractivity contribution in [3.63, 3.8) is 0 Å². The highest BCUT2D eigenvalue weighted by Gasteiger charge is 2.09. The summed E-state index contributed by atoms with van der Waals surface area (Å²) in [5, 5.41) is 30.8. The number of aromatic nitrogens is 1. The van der Waals surface area contributed by atoms with Gasteiger partial charge in [0.15, 0.2) is 0 Å². The number of aromatic hydroxyl groups is 1. The first-order valence-electron chi connectivity index (χ1n) is 5.63. The third-order valence-corrected chi connectivity index (χ3v) is 3.21. The van der Waals surface area contributed by atoms with Crippen LogP contribution in [0.5, 0.6) is 5.75 Å². The fourth-order valence-corrected chi connectivity index (χ4v) is 2.14. The number of carboxylic acid groups (broad SMARTS) is 1. The molecule has 0 fully saturated rings. The molecule has 0 bridgehead atoms. The van der Waals surface area contributed by atoms with Gasteiger partial charge in [0.2, 0.25) is 5.13 Å². The minimum Gasteiger partial charge on any atom is -0.507 e. The van der Waals surface area contributed by atoms with Crippen LogP contribution in [0.25, 0.3) is 0 Å². The lowest BCUT2D eigenvalue weighted by Crippen LogP contribution is -1.99. The van der Waals surface area contributed by atoms with E-state index in [-0.39, 0.29) is 23.4 Å². The van der Waals surface area contributed by atoms with Crippen LogP contribution in [-0.2, 0) is 11.2 Å². The van der Waals surface area contributed by atoms with Gasteiger partial charge in [-0.3, -0.25) is 14.9 Å². The van der Waals surface area contributed by atoms with Crippen molar-refractivity contribution in [2.45, 2.75) is 6.42 Å². The van der Waals surface area contributed by atoms with E-state index in [1.165, 1.54) is 24.4 Å². The van der Waals surface area contributed by atoms with E-state index < -0.39 is 10.9 Å². The highest BCUT2D eigenvalue weighted by Crippen LogP contribution is 2.23. The zero-order valence-electron chi connectivity index (χ0n) is 10.5. The molecule has 0 amide bonds. The van der Waals surface area contributed by atoms with Crippen LogP contribution in [0.3, 0.4) is 0 Å².